The molecule has 168 valence electrons. The van der Waals surface area contributed by atoms with E-state index in [9.17, 15) is 18.4 Å². The standard InChI is InChI=1S/C24H23BrF2N2O2S/c1-13-17-11-14(24(17,2)3)12-20(13)32-29(16-9-7-15(25)8-10-16)23(31)28-22(30)21-18(26)5-4-6-19(21)27/h4-10,14,17,20H,1,11-12H2,2-3H3,(H,28,30,31)/t14-,17+,20?/m0/s1. The number of anilines is 1. The lowest BCUT2D eigenvalue weighted by atomic mass is 9.47. The molecule has 2 bridgehead atoms. The summed E-state index contributed by atoms with van der Waals surface area (Å²) in [6, 6.07) is 9.39. The van der Waals surface area contributed by atoms with Gasteiger partial charge in [0, 0.05) is 9.72 Å². The molecule has 8 heteroatoms. The first-order valence-corrected chi connectivity index (χ1v) is 11.9. The summed E-state index contributed by atoms with van der Waals surface area (Å²) >= 11 is 4.66. The maximum absolute atomic E-state index is 14.0. The fraction of sp³-hybridized carbons (Fsp3) is 0.333. The molecule has 2 aromatic carbocycles. The van der Waals surface area contributed by atoms with Crippen molar-refractivity contribution in [3.05, 3.63) is 76.3 Å². The fourth-order valence-electron chi connectivity index (χ4n) is 4.64. The second-order valence-electron chi connectivity index (χ2n) is 8.84. The van der Waals surface area contributed by atoms with Crippen molar-refractivity contribution in [2.45, 2.75) is 31.9 Å². The Balaban J connectivity index is 1.57. The average Bonchev–Trinajstić information content (AvgIpc) is 2.73. The largest absolute Gasteiger partial charge is 0.339 e. The van der Waals surface area contributed by atoms with Crippen LogP contribution in [-0.4, -0.2) is 17.2 Å². The van der Waals surface area contributed by atoms with Gasteiger partial charge in [-0.25, -0.2) is 17.9 Å². The first kappa shape index (κ1) is 23.0. The number of fused-ring (bicyclic) bond motifs is 2. The van der Waals surface area contributed by atoms with E-state index in [4.69, 9.17) is 0 Å². The van der Waals surface area contributed by atoms with Gasteiger partial charge in [0.15, 0.2) is 0 Å². The van der Waals surface area contributed by atoms with Gasteiger partial charge in [0.1, 0.15) is 17.2 Å². The van der Waals surface area contributed by atoms with Crippen LogP contribution in [0.4, 0.5) is 19.3 Å². The van der Waals surface area contributed by atoms with Crippen LogP contribution in [0.25, 0.3) is 0 Å². The zero-order valence-corrected chi connectivity index (χ0v) is 20.1. The second kappa shape index (κ2) is 8.63. The van der Waals surface area contributed by atoms with Gasteiger partial charge in [0.25, 0.3) is 5.91 Å². The molecule has 0 heterocycles. The number of halogens is 3. The van der Waals surface area contributed by atoms with Crippen LogP contribution in [0.15, 0.2) is 59.1 Å². The van der Waals surface area contributed by atoms with E-state index in [-0.39, 0.29) is 10.7 Å². The summed E-state index contributed by atoms with van der Waals surface area (Å²) < 4.78 is 30.2. The lowest BCUT2D eigenvalue weighted by Crippen LogP contribution is -2.53. The lowest BCUT2D eigenvalue weighted by molar-refractivity contribution is -0.0249. The summed E-state index contributed by atoms with van der Waals surface area (Å²) in [5.74, 6) is -2.25. The predicted octanol–water partition coefficient (Wildman–Crippen LogP) is 6.72. The van der Waals surface area contributed by atoms with Gasteiger partial charge in [-0.15, -0.1) is 0 Å². The number of hydrogen-bond donors (Lipinski definition) is 1. The number of rotatable bonds is 4. The smallest absolute Gasteiger partial charge is 0.273 e. The molecule has 3 fully saturated rings. The van der Waals surface area contributed by atoms with Gasteiger partial charge in [0.05, 0.1) is 5.69 Å². The molecule has 0 radical (unpaired) electrons. The Morgan fingerprint density at radius 3 is 2.31 bits per heavy atom. The topological polar surface area (TPSA) is 49.4 Å². The number of benzene rings is 2. The van der Waals surface area contributed by atoms with Crippen molar-refractivity contribution in [3.8, 4) is 0 Å². The summed E-state index contributed by atoms with van der Waals surface area (Å²) in [6.07, 6.45) is 1.99. The Morgan fingerprint density at radius 2 is 1.75 bits per heavy atom. The Bertz CT molecular complexity index is 1070. The summed E-state index contributed by atoms with van der Waals surface area (Å²) in [5.41, 5.74) is 1.05. The molecule has 3 amide bonds. The highest BCUT2D eigenvalue weighted by Crippen LogP contribution is 2.63. The van der Waals surface area contributed by atoms with Crippen molar-refractivity contribution in [1.29, 1.82) is 0 Å². The lowest BCUT2D eigenvalue weighted by Gasteiger charge is -2.60. The zero-order chi connectivity index (χ0) is 23.2. The number of imide groups is 1. The molecule has 4 nitrogen and oxygen atoms in total. The normalized spacial score (nSPS) is 23.3. The zero-order valence-electron chi connectivity index (χ0n) is 17.7. The van der Waals surface area contributed by atoms with Crippen LogP contribution < -0.4 is 9.62 Å². The van der Waals surface area contributed by atoms with Gasteiger partial charge in [-0.1, -0.05) is 48.0 Å². The maximum atomic E-state index is 14.0. The molecule has 0 saturated heterocycles. The number of amides is 3. The van der Waals surface area contributed by atoms with Crippen molar-refractivity contribution in [2.24, 2.45) is 17.3 Å². The predicted molar refractivity (Wildman–Crippen MR) is 126 cm³/mol. The van der Waals surface area contributed by atoms with Crippen molar-refractivity contribution in [2.75, 3.05) is 4.31 Å². The molecule has 3 saturated carbocycles. The van der Waals surface area contributed by atoms with E-state index >= 15 is 0 Å². The Hall–Kier alpha value is -2.19. The molecule has 32 heavy (non-hydrogen) atoms. The van der Waals surface area contributed by atoms with Gasteiger partial charge in [0.2, 0.25) is 0 Å². The van der Waals surface area contributed by atoms with Crippen LogP contribution in [-0.2, 0) is 0 Å². The minimum Gasteiger partial charge on any atom is -0.273 e. The van der Waals surface area contributed by atoms with E-state index in [1.165, 1.54) is 16.3 Å². The van der Waals surface area contributed by atoms with Crippen LogP contribution in [0.2, 0.25) is 0 Å². The van der Waals surface area contributed by atoms with Crippen LogP contribution in [0.5, 0.6) is 0 Å². The number of carbonyl (C=O) groups excluding carboxylic acids is 2. The summed E-state index contributed by atoms with van der Waals surface area (Å²) in [7, 11) is 0. The SMILES string of the molecule is C=C1C(SN(C(=O)NC(=O)c2c(F)cccc2F)c2ccc(Br)cc2)C[C@@H]2C[C@H]1C2(C)C. The van der Waals surface area contributed by atoms with Gasteiger partial charge < -0.3 is 0 Å². The van der Waals surface area contributed by atoms with E-state index in [1.807, 2.05) is 0 Å². The first-order valence-electron chi connectivity index (χ1n) is 10.3. The fourth-order valence-corrected chi connectivity index (χ4v) is 6.17. The molecule has 1 unspecified atom stereocenters. The highest BCUT2D eigenvalue weighted by atomic mass is 79.9. The van der Waals surface area contributed by atoms with E-state index in [1.54, 1.807) is 24.3 Å². The first-order chi connectivity index (χ1) is 15.1. The molecule has 3 aliphatic rings. The summed E-state index contributed by atoms with van der Waals surface area (Å²) in [5, 5.41) is 2.14. The number of hydrogen-bond acceptors (Lipinski definition) is 3. The van der Waals surface area contributed by atoms with E-state index in [2.05, 4.69) is 41.7 Å². The summed E-state index contributed by atoms with van der Waals surface area (Å²) in [6.45, 7) is 8.81. The van der Waals surface area contributed by atoms with E-state index in [0.717, 1.165) is 41.1 Å². The van der Waals surface area contributed by atoms with Crippen LogP contribution in [0, 0.1) is 28.9 Å². The highest BCUT2D eigenvalue weighted by molar-refractivity contribution is 9.10. The van der Waals surface area contributed by atoms with Gasteiger partial charge >= 0.3 is 6.03 Å². The third-order valence-electron chi connectivity index (χ3n) is 6.72. The Kier molecular flexibility index (Phi) is 6.20. The minimum atomic E-state index is -1.13. The van der Waals surface area contributed by atoms with Crippen molar-refractivity contribution in [1.82, 2.24) is 5.32 Å². The molecule has 1 N–H and O–H groups in total. The third-order valence-corrected chi connectivity index (χ3v) is 8.58. The Labute approximate surface area is 198 Å². The maximum Gasteiger partial charge on any atom is 0.339 e. The molecule has 5 rings (SSSR count). The van der Waals surface area contributed by atoms with E-state index < -0.39 is 29.1 Å². The molecule has 3 atom stereocenters. The molecule has 0 aromatic heterocycles. The third kappa shape index (κ3) is 4.10. The van der Waals surface area contributed by atoms with Crippen LogP contribution in [0.1, 0.15) is 37.0 Å². The van der Waals surface area contributed by atoms with E-state index in [0.29, 0.717) is 17.5 Å². The van der Waals surface area contributed by atoms with Crippen molar-refractivity contribution >= 4 is 45.5 Å². The second-order valence-corrected chi connectivity index (χ2v) is 10.9. The number of urea groups is 1. The summed E-state index contributed by atoms with van der Waals surface area (Å²) in [4.78, 5) is 25.6. The molecule has 0 aliphatic heterocycles. The molecule has 0 spiro atoms. The number of nitrogens with one attached hydrogen (secondary N) is 1. The van der Waals surface area contributed by atoms with Gasteiger partial charge in [-0.05, 0) is 78.4 Å². The average molecular weight is 521 g/mol. The van der Waals surface area contributed by atoms with Crippen molar-refractivity contribution < 1.29 is 18.4 Å². The molecular weight excluding hydrogens is 498 g/mol. The quantitative estimate of drug-likeness (QED) is 0.359. The molecule has 3 aliphatic carbocycles. The Morgan fingerprint density at radius 1 is 1.12 bits per heavy atom. The van der Waals surface area contributed by atoms with Crippen LogP contribution in [0.3, 0.4) is 0 Å². The van der Waals surface area contributed by atoms with Crippen molar-refractivity contribution in [3.63, 3.8) is 0 Å². The van der Waals surface area contributed by atoms with Gasteiger partial charge in [-0.3, -0.25) is 10.1 Å². The number of nitrogens with zero attached hydrogens (tertiary/aromatic N) is 1. The minimum absolute atomic E-state index is 0.00136. The van der Waals surface area contributed by atoms with Gasteiger partial charge in [-0.2, -0.15) is 0 Å². The highest BCUT2D eigenvalue weighted by Gasteiger charge is 2.55. The molecule has 2 aromatic rings. The number of carbonyl (C=O) groups is 2. The molecular formula is C24H23BrF2N2O2S. The van der Waals surface area contributed by atoms with Crippen LogP contribution >= 0.6 is 27.9 Å². The monoisotopic (exact) mass is 520 g/mol.